The highest BCUT2D eigenvalue weighted by Crippen LogP contribution is 2.52. The van der Waals surface area contributed by atoms with Crippen molar-refractivity contribution in [3.63, 3.8) is 0 Å². The van der Waals surface area contributed by atoms with Crippen molar-refractivity contribution in [2.24, 2.45) is 17.8 Å². The van der Waals surface area contributed by atoms with Gasteiger partial charge in [-0.25, -0.2) is 8.78 Å². The summed E-state index contributed by atoms with van der Waals surface area (Å²) in [6.45, 7) is 8.51. The number of benzene rings is 1. The van der Waals surface area contributed by atoms with Crippen LogP contribution in [-0.2, 0) is 11.2 Å². The molecular formula is C28H38ClF2N3O. The number of hydrogen-bond donors (Lipinski definition) is 0. The second kappa shape index (κ2) is 9.91. The van der Waals surface area contributed by atoms with Crippen molar-refractivity contribution in [1.29, 1.82) is 0 Å². The summed E-state index contributed by atoms with van der Waals surface area (Å²) < 4.78 is 31.6. The number of carbonyl (C=O) groups is 1. The van der Waals surface area contributed by atoms with Gasteiger partial charge in [-0.15, -0.1) is 22.6 Å². The van der Waals surface area contributed by atoms with Gasteiger partial charge in [-0.1, -0.05) is 37.6 Å². The lowest BCUT2D eigenvalue weighted by atomic mass is 9.71. The standard InChI is InChI=1S/C28H37F2N3O.ClH/c1-16(2)9-19-11-21(12-19)26-31-32-27(33(26)22-7-8-22)24-15-28(29,30)14-23(24)25(34)13-20-6-5-17(3)10-18(20)4;/h5-6,10,16,19,21-24H,7-9,11-15H2,1-4H3;1H/t19?,21?,23-,24-;/m0./s1. The third-order valence-corrected chi connectivity index (χ3v) is 8.20. The number of halogens is 3. The van der Waals surface area contributed by atoms with E-state index >= 15 is 0 Å². The molecule has 0 saturated heterocycles. The molecule has 5 rings (SSSR count). The molecule has 0 amide bonds. The van der Waals surface area contributed by atoms with Gasteiger partial charge < -0.3 is 4.57 Å². The fourth-order valence-corrected chi connectivity index (χ4v) is 6.34. The minimum Gasteiger partial charge on any atom is -0.311 e. The van der Waals surface area contributed by atoms with Crippen molar-refractivity contribution in [3.05, 3.63) is 46.5 Å². The summed E-state index contributed by atoms with van der Waals surface area (Å²) in [5, 5.41) is 9.07. The molecule has 35 heavy (non-hydrogen) atoms. The van der Waals surface area contributed by atoms with Crippen LogP contribution in [0.15, 0.2) is 18.2 Å². The maximum Gasteiger partial charge on any atom is 0.249 e. The first-order valence-electron chi connectivity index (χ1n) is 13.0. The zero-order valence-corrected chi connectivity index (χ0v) is 22.1. The van der Waals surface area contributed by atoms with E-state index in [1.807, 2.05) is 32.0 Å². The van der Waals surface area contributed by atoms with Crippen LogP contribution in [0.25, 0.3) is 0 Å². The van der Waals surface area contributed by atoms with E-state index in [4.69, 9.17) is 0 Å². The van der Waals surface area contributed by atoms with Crippen molar-refractivity contribution in [1.82, 2.24) is 14.8 Å². The summed E-state index contributed by atoms with van der Waals surface area (Å²) in [6, 6.07) is 6.30. The Balaban J connectivity index is 0.00000289. The minimum atomic E-state index is -2.84. The summed E-state index contributed by atoms with van der Waals surface area (Å²) in [5.74, 6) is -0.796. The van der Waals surface area contributed by atoms with Gasteiger partial charge in [0, 0.05) is 43.1 Å². The Bertz CT molecular complexity index is 1070. The molecule has 0 radical (unpaired) electrons. The van der Waals surface area contributed by atoms with Crippen LogP contribution in [0, 0.1) is 31.6 Å². The van der Waals surface area contributed by atoms with E-state index in [1.165, 1.54) is 6.42 Å². The van der Waals surface area contributed by atoms with Gasteiger partial charge in [-0.2, -0.15) is 0 Å². The monoisotopic (exact) mass is 505 g/mol. The number of carbonyl (C=O) groups excluding carboxylic acids is 1. The van der Waals surface area contributed by atoms with E-state index in [0.717, 1.165) is 54.1 Å². The molecule has 3 aliphatic carbocycles. The van der Waals surface area contributed by atoms with E-state index in [9.17, 15) is 13.6 Å². The van der Waals surface area contributed by atoms with Crippen LogP contribution in [-0.4, -0.2) is 26.5 Å². The predicted octanol–water partition coefficient (Wildman–Crippen LogP) is 7.13. The van der Waals surface area contributed by atoms with Crippen LogP contribution < -0.4 is 0 Å². The Morgan fingerprint density at radius 3 is 2.43 bits per heavy atom. The van der Waals surface area contributed by atoms with Gasteiger partial charge in [0.15, 0.2) is 0 Å². The molecule has 192 valence electrons. The van der Waals surface area contributed by atoms with E-state index < -0.39 is 17.8 Å². The number of rotatable bonds is 8. The fraction of sp³-hybridized carbons (Fsp3) is 0.679. The van der Waals surface area contributed by atoms with Gasteiger partial charge in [0.2, 0.25) is 5.92 Å². The smallest absolute Gasteiger partial charge is 0.249 e. The van der Waals surface area contributed by atoms with Crippen LogP contribution in [0.3, 0.4) is 0 Å². The minimum absolute atomic E-state index is 0. The van der Waals surface area contributed by atoms with Gasteiger partial charge in [0.1, 0.15) is 17.4 Å². The van der Waals surface area contributed by atoms with Crippen molar-refractivity contribution >= 4 is 18.2 Å². The van der Waals surface area contributed by atoms with E-state index in [1.54, 1.807) is 0 Å². The Labute approximate surface area is 213 Å². The lowest BCUT2D eigenvalue weighted by molar-refractivity contribution is -0.123. The molecule has 1 heterocycles. The van der Waals surface area contributed by atoms with Crippen molar-refractivity contribution in [2.45, 2.75) is 103 Å². The molecule has 3 aliphatic rings. The third-order valence-electron chi connectivity index (χ3n) is 8.20. The molecule has 0 unspecified atom stereocenters. The number of aryl methyl sites for hydroxylation is 2. The van der Waals surface area contributed by atoms with Crippen LogP contribution in [0.2, 0.25) is 0 Å². The molecule has 0 spiro atoms. The van der Waals surface area contributed by atoms with E-state index in [0.29, 0.717) is 23.7 Å². The van der Waals surface area contributed by atoms with Gasteiger partial charge >= 0.3 is 0 Å². The SMILES string of the molecule is Cc1ccc(CC(=O)[C@H]2CC(F)(F)C[C@@H]2c2nnc(C3CC(CC(C)C)C3)n2C2CC2)c(C)c1.Cl. The average Bonchev–Trinajstić information content (AvgIpc) is 3.38. The molecule has 3 fully saturated rings. The van der Waals surface area contributed by atoms with Gasteiger partial charge in [-0.3, -0.25) is 4.79 Å². The second-order valence-corrected chi connectivity index (χ2v) is 11.7. The quantitative estimate of drug-likeness (QED) is 0.383. The topological polar surface area (TPSA) is 47.8 Å². The summed E-state index contributed by atoms with van der Waals surface area (Å²) in [6.07, 6.45) is 5.06. The Morgan fingerprint density at radius 1 is 1.11 bits per heavy atom. The maximum atomic E-state index is 14.7. The van der Waals surface area contributed by atoms with Crippen LogP contribution >= 0.6 is 12.4 Å². The van der Waals surface area contributed by atoms with Crippen LogP contribution in [0.1, 0.15) is 105 Å². The highest BCUT2D eigenvalue weighted by Gasteiger charge is 2.52. The van der Waals surface area contributed by atoms with Gasteiger partial charge in [0.25, 0.3) is 0 Å². The lowest BCUT2D eigenvalue weighted by Crippen LogP contribution is -2.27. The highest BCUT2D eigenvalue weighted by molar-refractivity contribution is 5.85. The Hall–Kier alpha value is -1.82. The molecule has 0 N–H and O–H groups in total. The number of hydrogen-bond acceptors (Lipinski definition) is 3. The molecule has 4 nitrogen and oxygen atoms in total. The zero-order chi connectivity index (χ0) is 24.2. The lowest BCUT2D eigenvalue weighted by Gasteiger charge is -2.36. The number of nitrogens with zero attached hydrogens (tertiary/aromatic N) is 3. The first-order valence-corrected chi connectivity index (χ1v) is 13.0. The van der Waals surface area contributed by atoms with Crippen molar-refractivity contribution in [2.75, 3.05) is 0 Å². The van der Waals surface area contributed by atoms with E-state index in [-0.39, 0.29) is 37.5 Å². The normalized spacial score (nSPS) is 27.5. The van der Waals surface area contributed by atoms with Crippen LogP contribution in [0.5, 0.6) is 0 Å². The zero-order valence-electron chi connectivity index (χ0n) is 21.3. The Morgan fingerprint density at radius 2 is 1.80 bits per heavy atom. The number of Topliss-reactive ketones (excluding diaryl/α,β-unsaturated/α-hetero) is 1. The molecule has 3 saturated carbocycles. The number of alkyl halides is 2. The Kier molecular flexibility index (Phi) is 7.43. The molecular weight excluding hydrogens is 468 g/mol. The molecule has 1 aromatic carbocycles. The maximum absolute atomic E-state index is 14.7. The molecule has 0 bridgehead atoms. The molecule has 1 aromatic heterocycles. The van der Waals surface area contributed by atoms with Crippen molar-refractivity contribution in [3.8, 4) is 0 Å². The fourth-order valence-electron chi connectivity index (χ4n) is 6.34. The average molecular weight is 506 g/mol. The molecule has 0 aliphatic heterocycles. The van der Waals surface area contributed by atoms with Gasteiger partial charge in [0.05, 0.1) is 0 Å². The summed E-state index contributed by atoms with van der Waals surface area (Å²) in [4.78, 5) is 13.4. The largest absolute Gasteiger partial charge is 0.311 e. The first-order chi connectivity index (χ1) is 16.1. The van der Waals surface area contributed by atoms with E-state index in [2.05, 4.69) is 28.6 Å². The number of aromatic nitrogens is 3. The predicted molar refractivity (Wildman–Crippen MR) is 136 cm³/mol. The molecule has 7 heteroatoms. The number of ketones is 1. The first kappa shape index (κ1) is 26.2. The molecule has 2 atom stereocenters. The summed E-state index contributed by atoms with van der Waals surface area (Å²) in [5.41, 5.74) is 3.11. The molecule has 2 aromatic rings. The second-order valence-electron chi connectivity index (χ2n) is 11.7. The highest BCUT2D eigenvalue weighted by atomic mass is 35.5. The van der Waals surface area contributed by atoms with Crippen LogP contribution in [0.4, 0.5) is 8.78 Å². The van der Waals surface area contributed by atoms with Gasteiger partial charge in [-0.05, 0) is 68.9 Å². The summed E-state index contributed by atoms with van der Waals surface area (Å²) >= 11 is 0. The third kappa shape index (κ3) is 5.47. The van der Waals surface area contributed by atoms with Crippen molar-refractivity contribution < 1.29 is 13.6 Å². The summed E-state index contributed by atoms with van der Waals surface area (Å²) in [7, 11) is 0.